The van der Waals surface area contributed by atoms with Crippen LogP contribution in [0.3, 0.4) is 0 Å². The van der Waals surface area contributed by atoms with Gasteiger partial charge in [0.2, 0.25) is 0 Å². The average Bonchev–Trinajstić information content (AvgIpc) is 2.62. The number of benzene rings is 2. The molecule has 0 unspecified atom stereocenters. The van der Waals surface area contributed by atoms with E-state index in [2.05, 4.69) is 41.8 Å². The first-order chi connectivity index (χ1) is 12.5. The Morgan fingerprint density at radius 1 is 0.885 bits per heavy atom. The van der Waals surface area contributed by atoms with E-state index < -0.39 is 4.92 Å². The van der Waals surface area contributed by atoms with E-state index in [1.54, 1.807) is 30.6 Å². The molecule has 2 N–H and O–H groups in total. The number of pyridine rings is 2. The van der Waals surface area contributed by atoms with Crippen LogP contribution in [0.2, 0.25) is 0 Å². The number of non-ortho nitro benzene ring substituents is 1. The summed E-state index contributed by atoms with van der Waals surface area (Å²) in [5.41, 5.74) is 6.67. The van der Waals surface area contributed by atoms with Crippen molar-refractivity contribution in [2.45, 2.75) is 0 Å². The SMILES string of the molecule is Nc1cccc2cnc(Br)cc12.O=[N+]([O-])c1cccc2cnc(Br)cc12. The van der Waals surface area contributed by atoms with Crippen molar-refractivity contribution in [2.24, 2.45) is 0 Å². The number of nitro groups is 1. The van der Waals surface area contributed by atoms with Gasteiger partial charge in [0.05, 0.1) is 10.3 Å². The van der Waals surface area contributed by atoms with Crippen LogP contribution in [0.1, 0.15) is 0 Å². The van der Waals surface area contributed by atoms with Gasteiger partial charge in [0.15, 0.2) is 0 Å². The van der Waals surface area contributed by atoms with Crippen LogP contribution in [0.4, 0.5) is 11.4 Å². The maximum absolute atomic E-state index is 10.7. The Hall–Kier alpha value is -2.58. The first-order valence-corrected chi connectivity index (χ1v) is 9.03. The maximum Gasteiger partial charge on any atom is 0.277 e. The van der Waals surface area contributed by atoms with Gasteiger partial charge < -0.3 is 5.73 Å². The third kappa shape index (κ3) is 3.97. The number of fused-ring (bicyclic) bond motifs is 2. The van der Waals surface area contributed by atoms with Crippen molar-refractivity contribution in [3.63, 3.8) is 0 Å². The zero-order valence-corrected chi connectivity index (χ0v) is 16.4. The van der Waals surface area contributed by atoms with Gasteiger partial charge in [-0.15, -0.1) is 0 Å². The first-order valence-electron chi connectivity index (χ1n) is 7.44. The van der Waals surface area contributed by atoms with Crippen LogP contribution in [0, 0.1) is 10.1 Å². The number of nitrogens with zero attached hydrogens (tertiary/aromatic N) is 3. The number of hydrogen-bond donors (Lipinski definition) is 1. The summed E-state index contributed by atoms with van der Waals surface area (Å²) in [5, 5.41) is 14.2. The number of aromatic nitrogens is 2. The zero-order valence-electron chi connectivity index (χ0n) is 13.3. The van der Waals surface area contributed by atoms with E-state index in [1.165, 1.54) is 6.07 Å². The van der Waals surface area contributed by atoms with E-state index in [0.29, 0.717) is 9.99 Å². The highest BCUT2D eigenvalue weighted by Crippen LogP contribution is 2.26. The Bertz CT molecular complexity index is 1120. The van der Waals surface area contributed by atoms with Crippen molar-refractivity contribution in [2.75, 3.05) is 5.73 Å². The Morgan fingerprint density at radius 2 is 1.42 bits per heavy atom. The number of rotatable bonds is 1. The van der Waals surface area contributed by atoms with Crippen molar-refractivity contribution in [1.82, 2.24) is 9.97 Å². The van der Waals surface area contributed by atoms with Gasteiger partial charge in [-0.05, 0) is 50.1 Å². The van der Waals surface area contributed by atoms with Gasteiger partial charge in [-0.2, -0.15) is 0 Å². The molecular weight excluding hydrogens is 464 g/mol. The summed E-state index contributed by atoms with van der Waals surface area (Å²) in [4.78, 5) is 18.4. The van der Waals surface area contributed by atoms with E-state index in [-0.39, 0.29) is 5.69 Å². The lowest BCUT2D eigenvalue weighted by atomic mass is 10.1. The molecule has 0 bridgehead atoms. The number of nitro benzene ring substituents is 1. The van der Waals surface area contributed by atoms with Crippen LogP contribution < -0.4 is 5.73 Å². The number of nitrogens with two attached hydrogens (primary N) is 1. The van der Waals surface area contributed by atoms with Gasteiger partial charge in [0, 0.05) is 40.3 Å². The van der Waals surface area contributed by atoms with E-state index in [9.17, 15) is 10.1 Å². The number of nitrogen functional groups attached to an aromatic ring is 1. The second-order valence-corrected chi connectivity index (χ2v) is 6.96. The Labute approximate surface area is 165 Å². The molecule has 0 aliphatic rings. The minimum absolute atomic E-state index is 0.102. The van der Waals surface area contributed by atoms with E-state index in [0.717, 1.165) is 26.4 Å². The van der Waals surface area contributed by atoms with Crippen molar-refractivity contribution in [3.05, 3.63) is 80.2 Å². The minimum Gasteiger partial charge on any atom is -0.398 e. The molecule has 0 aliphatic heterocycles. The van der Waals surface area contributed by atoms with Gasteiger partial charge in [-0.25, -0.2) is 9.97 Å². The van der Waals surface area contributed by atoms with Crippen molar-refractivity contribution in [3.8, 4) is 0 Å². The van der Waals surface area contributed by atoms with Gasteiger partial charge in [0.1, 0.15) is 9.21 Å². The lowest BCUT2D eigenvalue weighted by Gasteiger charge is -2.00. The predicted octanol–water partition coefficient (Wildman–Crippen LogP) is 5.49. The molecule has 130 valence electrons. The van der Waals surface area contributed by atoms with Crippen LogP contribution in [-0.4, -0.2) is 14.9 Å². The summed E-state index contributed by atoms with van der Waals surface area (Å²) in [7, 11) is 0. The molecule has 6 nitrogen and oxygen atoms in total. The number of halogens is 2. The highest BCUT2D eigenvalue weighted by atomic mass is 79.9. The summed E-state index contributed by atoms with van der Waals surface area (Å²) in [6.07, 6.45) is 3.40. The lowest BCUT2D eigenvalue weighted by Crippen LogP contribution is -1.89. The molecule has 0 saturated carbocycles. The van der Waals surface area contributed by atoms with Gasteiger partial charge in [-0.3, -0.25) is 10.1 Å². The fourth-order valence-electron chi connectivity index (χ4n) is 2.46. The molecule has 8 heteroatoms. The van der Waals surface area contributed by atoms with Crippen LogP contribution in [0.15, 0.2) is 70.1 Å². The first kappa shape index (κ1) is 18.2. The third-order valence-electron chi connectivity index (χ3n) is 3.67. The lowest BCUT2D eigenvalue weighted by molar-refractivity contribution is -0.383. The van der Waals surface area contributed by atoms with Crippen molar-refractivity contribution >= 4 is 64.8 Å². The number of hydrogen-bond acceptors (Lipinski definition) is 5. The quantitative estimate of drug-likeness (QED) is 0.170. The molecule has 4 aromatic rings. The molecule has 2 aromatic heterocycles. The molecule has 0 saturated heterocycles. The van der Waals surface area contributed by atoms with Crippen LogP contribution in [0.5, 0.6) is 0 Å². The highest BCUT2D eigenvalue weighted by Gasteiger charge is 2.10. The fourth-order valence-corrected chi connectivity index (χ4v) is 3.12. The van der Waals surface area contributed by atoms with E-state index in [4.69, 9.17) is 5.73 Å². The molecule has 26 heavy (non-hydrogen) atoms. The second-order valence-electron chi connectivity index (χ2n) is 5.34. The molecule has 0 amide bonds. The molecule has 2 aromatic carbocycles. The summed E-state index contributed by atoms with van der Waals surface area (Å²) in [6, 6.07) is 14.3. The van der Waals surface area contributed by atoms with Crippen LogP contribution >= 0.6 is 31.9 Å². The smallest absolute Gasteiger partial charge is 0.277 e. The standard InChI is InChI=1S/C9H5BrN2O2.C9H7BrN2/c10-9-4-7-6(5-11-9)2-1-3-8(7)12(13)14;10-9-4-7-6(5-12-9)2-1-3-8(7)11/h1-5H;1-5H,11H2. The summed E-state index contributed by atoms with van der Waals surface area (Å²) in [5.74, 6) is 0. The molecule has 2 heterocycles. The summed E-state index contributed by atoms with van der Waals surface area (Å²) >= 11 is 6.48. The van der Waals surface area contributed by atoms with Crippen molar-refractivity contribution in [1.29, 1.82) is 0 Å². The molecule has 0 radical (unpaired) electrons. The average molecular weight is 476 g/mol. The van der Waals surface area contributed by atoms with Crippen molar-refractivity contribution < 1.29 is 4.92 Å². The molecule has 0 aliphatic carbocycles. The van der Waals surface area contributed by atoms with Gasteiger partial charge in [-0.1, -0.05) is 24.3 Å². The Kier molecular flexibility index (Phi) is 5.43. The minimum atomic E-state index is -0.394. The summed E-state index contributed by atoms with van der Waals surface area (Å²) < 4.78 is 1.41. The molecule has 4 rings (SSSR count). The summed E-state index contributed by atoms with van der Waals surface area (Å²) in [6.45, 7) is 0. The highest BCUT2D eigenvalue weighted by molar-refractivity contribution is 9.10. The zero-order chi connectivity index (χ0) is 18.7. The van der Waals surface area contributed by atoms with Gasteiger partial charge >= 0.3 is 0 Å². The Balaban J connectivity index is 0.000000152. The molecule has 0 fully saturated rings. The van der Waals surface area contributed by atoms with Crippen LogP contribution in [0.25, 0.3) is 21.5 Å². The number of anilines is 1. The monoisotopic (exact) mass is 474 g/mol. The molecule has 0 spiro atoms. The Morgan fingerprint density at radius 3 is 2.04 bits per heavy atom. The second kappa shape index (κ2) is 7.76. The van der Waals surface area contributed by atoms with Gasteiger partial charge in [0.25, 0.3) is 5.69 Å². The van der Waals surface area contributed by atoms with E-state index in [1.807, 2.05) is 24.3 Å². The fraction of sp³-hybridized carbons (Fsp3) is 0. The normalized spacial score (nSPS) is 10.4. The third-order valence-corrected chi connectivity index (χ3v) is 4.54. The molecular formula is C18H12Br2N4O2. The molecule has 0 atom stereocenters. The topological polar surface area (TPSA) is 94.9 Å². The van der Waals surface area contributed by atoms with E-state index >= 15 is 0 Å². The predicted molar refractivity (Wildman–Crippen MR) is 110 cm³/mol. The maximum atomic E-state index is 10.7. The van der Waals surface area contributed by atoms with Crippen LogP contribution in [-0.2, 0) is 0 Å². The largest absolute Gasteiger partial charge is 0.398 e.